The van der Waals surface area contributed by atoms with Crippen LogP contribution in [-0.2, 0) is 20.1 Å². The van der Waals surface area contributed by atoms with Crippen LogP contribution >= 0.6 is 0 Å². The molecule has 0 aliphatic heterocycles. The Bertz CT molecular complexity index is 3950. The Balaban J connectivity index is 0.000000246. The molecule has 0 saturated carbocycles. The standard InChI is InChI=1S/C49H37N2O.C13H12N.Ir/c1-29(2)40-28-41-35-19-9-8-17-33(35)34-18-10-11-20-37(34)46(41)45(30(3)4)47(40)51-43-24-13-12-23-42(43)50-49(51)39-22-14-21-38-36-26-25-32(27-44(36)52-48(38)39)31-15-6-5-7-16-31;1-10-3-6-12(7-4-10)13-8-5-11(2)9-14-13;/h5-21,23-30H,1-4H3;3-6,8-9H,1-2H3;/q2*-1;/i;1D3,2D3;. The zero-order chi connectivity index (χ0) is 50.1. The van der Waals surface area contributed by atoms with Gasteiger partial charge in [0.25, 0.3) is 0 Å². The average Bonchev–Trinajstić information content (AvgIpc) is 3.96. The van der Waals surface area contributed by atoms with Crippen LogP contribution in [0.2, 0.25) is 0 Å². The van der Waals surface area contributed by atoms with Crippen molar-refractivity contribution in [1.82, 2.24) is 14.5 Å². The first-order chi connectivity index (χ1) is 34.7. The van der Waals surface area contributed by atoms with Crippen LogP contribution in [0.15, 0.2) is 180 Å². The number of hydrogen-bond donors (Lipinski definition) is 0. The van der Waals surface area contributed by atoms with E-state index in [1.165, 1.54) is 73.5 Å². The molecule has 1 radical (unpaired) electrons. The minimum absolute atomic E-state index is 0. The van der Waals surface area contributed by atoms with Gasteiger partial charge >= 0.3 is 0 Å². The number of imidazole rings is 1. The smallest absolute Gasteiger partial charge is 0.121 e. The van der Waals surface area contributed by atoms with E-state index in [9.17, 15) is 0 Å². The van der Waals surface area contributed by atoms with Gasteiger partial charge in [-0.05, 0) is 109 Å². The third-order valence-electron chi connectivity index (χ3n) is 12.7. The van der Waals surface area contributed by atoms with Crippen LogP contribution in [0.4, 0.5) is 0 Å². The topological polar surface area (TPSA) is 43.9 Å². The molecule has 9 aromatic carbocycles. The van der Waals surface area contributed by atoms with E-state index in [2.05, 4.69) is 177 Å². The molecule has 0 atom stereocenters. The van der Waals surface area contributed by atoms with Crippen molar-refractivity contribution in [1.29, 1.82) is 0 Å². The Morgan fingerprint density at radius 3 is 2.00 bits per heavy atom. The van der Waals surface area contributed by atoms with Crippen LogP contribution in [0.3, 0.4) is 0 Å². The summed E-state index contributed by atoms with van der Waals surface area (Å²) < 4.78 is 52.9. The molecule has 67 heavy (non-hydrogen) atoms. The Hall–Kier alpha value is -7.17. The Morgan fingerprint density at radius 2 is 1.30 bits per heavy atom. The third kappa shape index (κ3) is 7.72. The molecule has 0 unspecified atom stereocenters. The van der Waals surface area contributed by atoms with E-state index in [0.29, 0.717) is 11.3 Å². The summed E-state index contributed by atoms with van der Waals surface area (Å²) in [6.45, 7) is 4.96. The summed E-state index contributed by atoms with van der Waals surface area (Å²) in [5, 5.41) is 9.90. The van der Waals surface area contributed by atoms with Gasteiger partial charge in [-0.3, -0.25) is 4.98 Å². The van der Waals surface area contributed by atoms with Crippen molar-refractivity contribution >= 4 is 65.3 Å². The van der Waals surface area contributed by atoms with Gasteiger partial charge in [0.1, 0.15) is 5.58 Å². The average molecular weight is 1050 g/mol. The Morgan fingerprint density at radius 1 is 0.597 bits per heavy atom. The predicted molar refractivity (Wildman–Crippen MR) is 277 cm³/mol. The number of rotatable bonds is 6. The van der Waals surface area contributed by atoms with E-state index in [0.717, 1.165) is 55.5 Å². The van der Waals surface area contributed by atoms with E-state index in [-0.39, 0.29) is 43.1 Å². The molecule has 3 aromatic heterocycles. The summed E-state index contributed by atoms with van der Waals surface area (Å²) in [4.78, 5) is 9.49. The number of benzene rings is 9. The fraction of sp³-hybridized carbons (Fsp3) is 0.129. The molecule has 0 N–H and O–H groups in total. The predicted octanol–water partition coefficient (Wildman–Crippen LogP) is 16.9. The van der Waals surface area contributed by atoms with Gasteiger partial charge in [0.05, 0.1) is 22.4 Å². The van der Waals surface area contributed by atoms with Crippen molar-refractivity contribution in [3.63, 3.8) is 0 Å². The van der Waals surface area contributed by atoms with E-state index in [1.807, 2.05) is 12.1 Å². The van der Waals surface area contributed by atoms with Crippen molar-refractivity contribution in [3.8, 4) is 39.5 Å². The number of furan rings is 1. The van der Waals surface area contributed by atoms with Gasteiger partial charge in [-0.2, -0.15) is 0 Å². The van der Waals surface area contributed by atoms with Crippen LogP contribution in [0, 0.1) is 25.8 Å². The van der Waals surface area contributed by atoms with Crippen LogP contribution in [0.5, 0.6) is 0 Å². The van der Waals surface area contributed by atoms with Crippen molar-refractivity contribution in [2.24, 2.45) is 0 Å². The van der Waals surface area contributed by atoms with Crippen LogP contribution < -0.4 is 0 Å². The van der Waals surface area contributed by atoms with Crippen LogP contribution in [0.1, 0.15) is 70.0 Å². The molecule has 329 valence electrons. The maximum atomic E-state index is 7.28. The van der Waals surface area contributed by atoms with Gasteiger partial charge in [-0.1, -0.05) is 161 Å². The molecule has 0 saturated heterocycles. The largest absolute Gasteiger partial charge is 0.501 e. The minimum atomic E-state index is -2.18. The molecule has 0 aliphatic rings. The minimum Gasteiger partial charge on any atom is -0.501 e. The zero-order valence-corrected chi connectivity index (χ0v) is 39.9. The molecule has 0 amide bonds. The van der Waals surface area contributed by atoms with Gasteiger partial charge in [0.2, 0.25) is 0 Å². The number of fused-ring (bicyclic) bond motifs is 10. The second kappa shape index (κ2) is 17.9. The van der Waals surface area contributed by atoms with E-state index in [1.54, 1.807) is 12.1 Å². The molecule has 0 fully saturated rings. The molecule has 12 aromatic rings. The number of pyridine rings is 1. The van der Waals surface area contributed by atoms with Gasteiger partial charge in [-0.25, -0.2) is 0 Å². The van der Waals surface area contributed by atoms with Gasteiger partial charge < -0.3 is 14.0 Å². The van der Waals surface area contributed by atoms with Crippen LogP contribution in [0.25, 0.3) is 105 Å². The van der Waals surface area contributed by atoms with E-state index < -0.39 is 13.7 Å². The number of para-hydroxylation sites is 2. The fourth-order valence-electron chi connectivity index (χ4n) is 9.63. The summed E-state index contributed by atoms with van der Waals surface area (Å²) >= 11 is 0. The summed E-state index contributed by atoms with van der Waals surface area (Å²) in [7, 11) is 0. The summed E-state index contributed by atoms with van der Waals surface area (Å²) in [5.41, 5.74) is 12.2. The number of nitrogens with zero attached hydrogens (tertiary/aromatic N) is 3. The third-order valence-corrected chi connectivity index (χ3v) is 12.7. The zero-order valence-electron chi connectivity index (χ0n) is 43.5. The Labute approximate surface area is 413 Å². The first-order valence-corrected chi connectivity index (χ1v) is 22.5. The molecule has 12 rings (SSSR count). The maximum Gasteiger partial charge on any atom is 0.121 e. The summed E-state index contributed by atoms with van der Waals surface area (Å²) in [5.74, 6) is 1.30. The molecule has 0 spiro atoms. The number of aromatic nitrogens is 3. The molecule has 3 heterocycles. The molecule has 0 bridgehead atoms. The fourth-order valence-corrected chi connectivity index (χ4v) is 9.63. The first kappa shape index (κ1) is 37.0. The van der Waals surface area contributed by atoms with E-state index >= 15 is 0 Å². The Kier molecular flexibility index (Phi) is 9.88. The van der Waals surface area contributed by atoms with Gasteiger partial charge in [-0.15, -0.1) is 53.6 Å². The van der Waals surface area contributed by atoms with Crippen LogP contribution in [-0.4, -0.2) is 14.5 Å². The van der Waals surface area contributed by atoms with Crippen molar-refractivity contribution in [3.05, 3.63) is 210 Å². The summed E-state index contributed by atoms with van der Waals surface area (Å²) in [6.07, 6.45) is 1.30. The number of aryl methyl sites for hydroxylation is 2. The van der Waals surface area contributed by atoms with Crippen molar-refractivity contribution in [2.75, 3.05) is 0 Å². The van der Waals surface area contributed by atoms with Crippen molar-refractivity contribution in [2.45, 2.75) is 53.2 Å². The molecule has 5 heteroatoms. The second-order valence-corrected chi connectivity index (χ2v) is 17.5. The van der Waals surface area contributed by atoms with Gasteiger partial charge in [0, 0.05) is 45.6 Å². The SMILES string of the molecule is CC(C)c1cc2c3ccccc3c3ccccc3c2c(C(C)C)c1-n1c(-c2[c-]ccc3c2oc2cc(-c4ccccc4)ccc23)nc2ccccc21.[2H]C([2H])([2H])c1c[c-]c(-c2ccc(C([2H])([2H])[2H])cn2)cc1.[Ir]. The molecule has 4 nitrogen and oxygen atoms in total. The molecule has 0 aliphatic carbocycles. The van der Waals surface area contributed by atoms with Crippen molar-refractivity contribution < 1.29 is 32.7 Å². The second-order valence-electron chi connectivity index (χ2n) is 17.5. The normalized spacial score (nSPS) is 13.3. The van der Waals surface area contributed by atoms with E-state index in [4.69, 9.17) is 17.6 Å². The molecular formula is C62H49IrN3O-2. The summed E-state index contributed by atoms with van der Waals surface area (Å²) in [6, 6.07) is 64.0. The maximum absolute atomic E-state index is 7.28. The number of hydrogen-bond acceptors (Lipinski definition) is 3. The quantitative estimate of drug-likeness (QED) is 0.123. The van der Waals surface area contributed by atoms with Gasteiger partial charge in [0.15, 0.2) is 0 Å². The first-order valence-electron chi connectivity index (χ1n) is 25.5. The molecular weight excluding hydrogens is 995 g/mol. The monoisotopic (exact) mass is 1050 g/mol.